The van der Waals surface area contributed by atoms with Gasteiger partial charge in [-0.05, 0) is 11.6 Å². The minimum Gasteiger partial charge on any atom is -0.427 e. The summed E-state index contributed by atoms with van der Waals surface area (Å²) in [6.07, 6.45) is 0. The number of nitro groups is 1. The minimum atomic E-state index is -3.10. The number of nitro benzene ring substituents is 1. The van der Waals surface area contributed by atoms with Crippen LogP contribution in [0.3, 0.4) is 0 Å². The second-order valence-electron chi connectivity index (χ2n) is 3.61. The van der Waals surface area contributed by atoms with E-state index in [2.05, 4.69) is 10.1 Å². The molecule has 19 heavy (non-hydrogen) atoms. The predicted molar refractivity (Wildman–Crippen MR) is 63.3 cm³/mol. The van der Waals surface area contributed by atoms with Crippen molar-refractivity contribution in [3.8, 4) is 5.75 Å². The zero-order valence-electron chi connectivity index (χ0n) is 10.3. The van der Waals surface area contributed by atoms with E-state index in [0.29, 0.717) is 25.3 Å². The summed E-state index contributed by atoms with van der Waals surface area (Å²) in [6.45, 7) is -1.64. The van der Waals surface area contributed by atoms with Crippen molar-refractivity contribution in [2.75, 3.05) is 20.3 Å². The van der Waals surface area contributed by atoms with E-state index < -0.39 is 23.0 Å². The fraction of sp³-hybridized carbons (Fsp3) is 0.455. The van der Waals surface area contributed by atoms with Gasteiger partial charge in [-0.1, -0.05) is 6.07 Å². The molecule has 0 saturated carbocycles. The molecule has 0 bridgehead atoms. The third-order valence-electron chi connectivity index (χ3n) is 2.25. The standard InChI is InChI=1S/C11H14F2N2O4/c1-18-5-4-14-7-8-2-3-9(15(16)17)10(6-8)19-11(12)13/h2-3,6,11,14H,4-5,7H2,1H3. The highest BCUT2D eigenvalue weighted by atomic mass is 19.3. The second-order valence-corrected chi connectivity index (χ2v) is 3.61. The van der Waals surface area contributed by atoms with Gasteiger partial charge in [0, 0.05) is 26.3 Å². The molecule has 106 valence electrons. The van der Waals surface area contributed by atoms with Crippen LogP contribution in [0.1, 0.15) is 5.56 Å². The SMILES string of the molecule is COCCNCc1ccc([N+](=O)[O-])c(OC(F)F)c1. The maximum absolute atomic E-state index is 12.2. The van der Waals surface area contributed by atoms with Gasteiger partial charge < -0.3 is 14.8 Å². The number of hydrogen-bond acceptors (Lipinski definition) is 5. The number of hydrogen-bond donors (Lipinski definition) is 1. The number of halogens is 2. The summed E-state index contributed by atoms with van der Waals surface area (Å²) in [5, 5.41) is 13.7. The van der Waals surface area contributed by atoms with E-state index in [4.69, 9.17) is 4.74 Å². The number of ether oxygens (including phenoxy) is 2. The summed E-state index contributed by atoms with van der Waals surface area (Å²) in [4.78, 5) is 9.90. The highest BCUT2D eigenvalue weighted by molar-refractivity contribution is 5.48. The van der Waals surface area contributed by atoms with E-state index in [1.54, 1.807) is 7.11 Å². The summed E-state index contributed by atoms with van der Waals surface area (Å²) >= 11 is 0. The highest BCUT2D eigenvalue weighted by Gasteiger charge is 2.18. The van der Waals surface area contributed by atoms with Crippen molar-refractivity contribution in [1.29, 1.82) is 0 Å². The van der Waals surface area contributed by atoms with Crippen LogP contribution in [0.2, 0.25) is 0 Å². The molecule has 8 heteroatoms. The zero-order chi connectivity index (χ0) is 14.3. The number of nitrogens with one attached hydrogen (secondary N) is 1. The third kappa shape index (κ3) is 5.14. The Morgan fingerprint density at radius 1 is 1.47 bits per heavy atom. The normalized spacial score (nSPS) is 10.7. The first-order valence-corrected chi connectivity index (χ1v) is 5.46. The van der Waals surface area contributed by atoms with Gasteiger partial charge in [-0.2, -0.15) is 8.78 Å². The second kappa shape index (κ2) is 7.59. The van der Waals surface area contributed by atoms with Gasteiger partial charge in [-0.15, -0.1) is 0 Å². The van der Waals surface area contributed by atoms with E-state index in [-0.39, 0.29) is 0 Å². The van der Waals surface area contributed by atoms with Crippen LogP contribution in [0.25, 0.3) is 0 Å². The first-order valence-electron chi connectivity index (χ1n) is 5.46. The Labute approximate surface area is 108 Å². The fourth-order valence-electron chi connectivity index (χ4n) is 1.42. The Balaban J connectivity index is 2.76. The molecule has 0 saturated heterocycles. The van der Waals surface area contributed by atoms with Gasteiger partial charge >= 0.3 is 12.3 Å². The Morgan fingerprint density at radius 2 is 2.21 bits per heavy atom. The lowest BCUT2D eigenvalue weighted by molar-refractivity contribution is -0.386. The summed E-state index contributed by atoms with van der Waals surface area (Å²) in [7, 11) is 1.56. The molecule has 0 aliphatic carbocycles. The van der Waals surface area contributed by atoms with Gasteiger partial charge in [-0.3, -0.25) is 10.1 Å². The van der Waals surface area contributed by atoms with Crippen molar-refractivity contribution in [1.82, 2.24) is 5.32 Å². The number of nitrogens with zero attached hydrogens (tertiary/aromatic N) is 1. The molecule has 0 aromatic heterocycles. The van der Waals surface area contributed by atoms with Crippen molar-refractivity contribution >= 4 is 5.69 Å². The molecular formula is C11H14F2N2O4. The molecule has 0 aliphatic heterocycles. The zero-order valence-corrected chi connectivity index (χ0v) is 10.3. The molecule has 0 amide bonds. The van der Waals surface area contributed by atoms with Crippen molar-refractivity contribution in [3.05, 3.63) is 33.9 Å². The predicted octanol–water partition coefficient (Wildman–Crippen LogP) is 1.93. The van der Waals surface area contributed by atoms with Crippen LogP contribution in [-0.2, 0) is 11.3 Å². The summed E-state index contributed by atoms with van der Waals surface area (Å²) in [5.41, 5.74) is 0.123. The third-order valence-corrected chi connectivity index (χ3v) is 2.25. The molecule has 0 radical (unpaired) electrons. The monoisotopic (exact) mass is 276 g/mol. The first kappa shape index (κ1) is 15.3. The topological polar surface area (TPSA) is 73.6 Å². The molecule has 0 aliphatic rings. The Morgan fingerprint density at radius 3 is 2.79 bits per heavy atom. The molecule has 6 nitrogen and oxygen atoms in total. The van der Waals surface area contributed by atoms with Crippen LogP contribution in [0.4, 0.5) is 14.5 Å². The average Bonchev–Trinajstić information content (AvgIpc) is 2.34. The van der Waals surface area contributed by atoms with Gasteiger partial charge in [0.1, 0.15) is 0 Å². The van der Waals surface area contributed by atoms with Gasteiger partial charge in [0.25, 0.3) is 0 Å². The number of rotatable bonds is 8. The molecule has 0 fully saturated rings. The van der Waals surface area contributed by atoms with Crippen molar-refractivity contribution < 1.29 is 23.2 Å². The Hall–Kier alpha value is -1.80. The van der Waals surface area contributed by atoms with Gasteiger partial charge in [0.05, 0.1) is 11.5 Å². The van der Waals surface area contributed by atoms with Crippen molar-refractivity contribution in [2.45, 2.75) is 13.2 Å². The number of alkyl halides is 2. The van der Waals surface area contributed by atoms with Crippen LogP contribution >= 0.6 is 0 Å². The molecule has 0 heterocycles. The average molecular weight is 276 g/mol. The summed E-state index contributed by atoms with van der Waals surface area (Å²) in [6, 6.07) is 3.85. The van der Waals surface area contributed by atoms with Gasteiger partial charge in [-0.25, -0.2) is 0 Å². The van der Waals surface area contributed by atoms with Crippen LogP contribution in [0, 0.1) is 10.1 Å². The molecule has 1 aromatic carbocycles. The lowest BCUT2D eigenvalue weighted by Gasteiger charge is -2.08. The maximum atomic E-state index is 12.2. The van der Waals surface area contributed by atoms with Gasteiger partial charge in [0.2, 0.25) is 5.75 Å². The first-order chi connectivity index (χ1) is 9.04. The molecular weight excluding hydrogens is 262 g/mol. The quantitative estimate of drug-likeness (QED) is 0.446. The van der Waals surface area contributed by atoms with E-state index in [9.17, 15) is 18.9 Å². The Bertz CT molecular complexity index is 429. The van der Waals surface area contributed by atoms with E-state index in [1.165, 1.54) is 12.1 Å². The minimum absolute atomic E-state index is 0.376. The molecule has 1 rings (SSSR count). The fourth-order valence-corrected chi connectivity index (χ4v) is 1.42. The van der Waals surface area contributed by atoms with Crippen LogP contribution in [0.15, 0.2) is 18.2 Å². The van der Waals surface area contributed by atoms with E-state index in [0.717, 1.165) is 6.07 Å². The molecule has 0 unspecified atom stereocenters. The molecule has 0 atom stereocenters. The number of methoxy groups -OCH3 is 1. The molecule has 1 N–H and O–H groups in total. The molecule has 1 aromatic rings. The van der Waals surface area contributed by atoms with Crippen molar-refractivity contribution in [2.24, 2.45) is 0 Å². The Kier molecular flexibility index (Phi) is 6.10. The van der Waals surface area contributed by atoms with Crippen LogP contribution in [0.5, 0.6) is 5.75 Å². The lowest BCUT2D eigenvalue weighted by Crippen LogP contribution is -2.18. The highest BCUT2D eigenvalue weighted by Crippen LogP contribution is 2.29. The van der Waals surface area contributed by atoms with Gasteiger partial charge in [0.15, 0.2) is 0 Å². The number of benzene rings is 1. The largest absolute Gasteiger partial charge is 0.427 e. The van der Waals surface area contributed by atoms with Crippen LogP contribution < -0.4 is 10.1 Å². The summed E-state index contributed by atoms with van der Waals surface area (Å²) in [5.74, 6) is -0.439. The smallest absolute Gasteiger partial charge is 0.387 e. The lowest BCUT2D eigenvalue weighted by atomic mass is 10.2. The van der Waals surface area contributed by atoms with E-state index >= 15 is 0 Å². The van der Waals surface area contributed by atoms with E-state index in [1.807, 2.05) is 0 Å². The maximum Gasteiger partial charge on any atom is 0.387 e. The summed E-state index contributed by atoms with van der Waals surface area (Å²) < 4.78 is 33.3. The van der Waals surface area contributed by atoms with Crippen LogP contribution in [-0.4, -0.2) is 31.8 Å². The molecule has 0 spiro atoms. The van der Waals surface area contributed by atoms with Crippen molar-refractivity contribution in [3.63, 3.8) is 0 Å².